The Kier molecular flexibility index (Phi) is 1.49. The van der Waals surface area contributed by atoms with Gasteiger partial charge in [-0.05, 0) is 6.07 Å². The number of hydrogen-bond donors (Lipinski definition) is 1. The fourth-order valence-corrected chi connectivity index (χ4v) is 1.94. The van der Waals surface area contributed by atoms with E-state index in [0.29, 0.717) is 6.61 Å². The number of nitrogens with one attached hydrogen (secondary N) is 1. The maximum absolute atomic E-state index is 11.6. The highest BCUT2D eigenvalue weighted by molar-refractivity contribution is 6.10. The summed E-state index contributed by atoms with van der Waals surface area (Å²) in [4.78, 5) is 14.8. The Bertz CT molecular complexity index is 513. The SMILES string of the molecule is O=C1COCc2[nH]c3ccccc3c21. The van der Waals surface area contributed by atoms with Crippen LogP contribution in [-0.4, -0.2) is 17.4 Å². The Morgan fingerprint density at radius 2 is 2.07 bits per heavy atom. The highest BCUT2D eigenvalue weighted by atomic mass is 16.5. The molecule has 3 heteroatoms. The molecule has 0 radical (unpaired) electrons. The second kappa shape index (κ2) is 2.69. The first-order chi connectivity index (χ1) is 6.86. The molecule has 3 rings (SSSR count). The third kappa shape index (κ3) is 0.930. The number of hydrogen-bond acceptors (Lipinski definition) is 2. The number of benzene rings is 1. The van der Waals surface area contributed by atoms with Gasteiger partial charge in [-0.15, -0.1) is 0 Å². The summed E-state index contributed by atoms with van der Waals surface area (Å²) in [6.45, 7) is 0.713. The van der Waals surface area contributed by atoms with Gasteiger partial charge in [0.15, 0.2) is 5.78 Å². The summed E-state index contributed by atoms with van der Waals surface area (Å²) in [6.07, 6.45) is 0. The summed E-state index contributed by atoms with van der Waals surface area (Å²) in [7, 11) is 0. The molecule has 0 saturated carbocycles. The summed E-state index contributed by atoms with van der Waals surface area (Å²) in [5, 5.41) is 1.01. The monoisotopic (exact) mass is 187 g/mol. The van der Waals surface area contributed by atoms with Gasteiger partial charge in [0, 0.05) is 10.9 Å². The van der Waals surface area contributed by atoms with Crippen molar-refractivity contribution in [1.29, 1.82) is 0 Å². The van der Waals surface area contributed by atoms with Crippen molar-refractivity contribution in [3.63, 3.8) is 0 Å². The van der Waals surface area contributed by atoms with E-state index in [1.165, 1.54) is 0 Å². The van der Waals surface area contributed by atoms with Crippen LogP contribution in [0, 0.1) is 0 Å². The van der Waals surface area contributed by atoms with Gasteiger partial charge in [-0.2, -0.15) is 0 Å². The highest BCUT2D eigenvalue weighted by Gasteiger charge is 2.22. The Morgan fingerprint density at radius 1 is 1.21 bits per heavy atom. The molecule has 2 aromatic rings. The fraction of sp³-hybridized carbons (Fsp3) is 0.182. The zero-order valence-electron chi connectivity index (χ0n) is 7.54. The van der Waals surface area contributed by atoms with E-state index >= 15 is 0 Å². The lowest BCUT2D eigenvalue weighted by atomic mass is 10.1. The molecular weight excluding hydrogens is 178 g/mol. The number of Topliss-reactive ketones (excluding diaryl/α,β-unsaturated/α-hetero) is 1. The number of fused-ring (bicyclic) bond motifs is 3. The van der Waals surface area contributed by atoms with Gasteiger partial charge in [0.05, 0.1) is 17.9 Å². The molecule has 1 aromatic heterocycles. The first-order valence-electron chi connectivity index (χ1n) is 4.57. The largest absolute Gasteiger partial charge is 0.367 e. The minimum Gasteiger partial charge on any atom is -0.367 e. The van der Waals surface area contributed by atoms with Crippen molar-refractivity contribution >= 4 is 16.7 Å². The van der Waals surface area contributed by atoms with Crippen LogP contribution in [0.2, 0.25) is 0 Å². The zero-order chi connectivity index (χ0) is 9.54. The van der Waals surface area contributed by atoms with Crippen molar-refractivity contribution in [2.45, 2.75) is 6.61 Å². The molecule has 0 bridgehead atoms. The Balaban J connectivity index is 2.39. The summed E-state index contributed by atoms with van der Waals surface area (Å²) >= 11 is 0. The molecule has 0 aliphatic carbocycles. The average molecular weight is 187 g/mol. The fourth-order valence-electron chi connectivity index (χ4n) is 1.94. The molecule has 1 N–H and O–H groups in total. The van der Waals surface area contributed by atoms with E-state index < -0.39 is 0 Å². The number of rotatable bonds is 0. The van der Waals surface area contributed by atoms with Crippen molar-refractivity contribution in [1.82, 2.24) is 4.98 Å². The highest BCUT2D eigenvalue weighted by Crippen LogP contribution is 2.25. The van der Waals surface area contributed by atoms with E-state index in [2.05, 4.69) is 4.98 Å². The first-order valence-corrected chi connectivity index (χ1v) is 4.57. The molecule has 3 nitrogen and oxygen atoms in total. The normalized spacial score (nSPS) is 15.9. The van der Waals surface area contributed by atoms with Gasteiger partial charge < -0.3 is 9.72 Å². The second-order valence-electron chi connectivity index (χ2n) is 3.44. The summed E-state index contributed by atoms with van der Waals surface area (Å²) in [6, 6.07) is 7.84. The molecule has 0 spiro atoms. The molecule has 0 saturated heterocycles. The molecule has 0 atom stereocenters. The van der Waals surface area contributed by atoms with Crippen LogP contribution in [0.4, 0.5) is 0 Å². The topological polar surface area (TPSA) is 42.1 Å². The van der Waals surface area contributed by atoms with Crippen molar-refractivity contribution in [2.24, 2.45) is 0 Å². The Morgan fingerprint density at radius 3 is 3.00 bits per heavy atom. The number of ether oxygens (including phenoxy) is 1. The minimum atomic E-state index is 0.0729. The molecule has 14 heavy (non-hydrogen) atoms. The van der Waals surface area contributed by atoms with E-state index in [1.54, 1.807) is 0 Å². The van der Waals surface area contributed by atoms with Crippen LogP contribution in [0.15, 0.2) is 24.3 Å². The number of aromatic nitrogens is 1. The number of aromatic amines is 1. The summed E-state index contributed by atoms with van der Waals surface area (Å²) < 4.78 is 5.16. The third-order valence-corrected chi connectivity index (χ3v) is 2.54. The molecular formula is C11H9NO2. The molecule has 0 fully saturated rings. The standard InChI is InChI=1S/C11H9NO2/c13-10-6-14-5-9-11(10)7-3-1-2-4-8(7)12-9/h1-4,12H,5-6H2. The number of carbonyl (C=O) groups is 1. The van der Waals surface area contributed by atoms with Crippen LogP contribution in [0.25, 0.3) is 10.9 Å². The molecule has 1 aliphatic heterocycles. The van der Waals surface area contributed by atoms with Crippen molar-refractivity contribution in [3.05, 3.63) is 35.5 Å². The van der Waals surface area contributed by atoms with Gasteiger partial charge in [-0.3, -0.25) is 4.79 Å². The maximum atomic E-state index is 11.6. The lowest BCUT2D eigenvalue weighted by molar-refractivity contribution is 0.0661. The van der Waals surface area contributed by atoms with Crippen molar-refractivity contribution in [2.75, 3.05) is 6.61 Å². The van der Waals surface area contributed by atoms with Crippen LogP contribution < -0.4 is 0 Å². The molecule has 1 aromatic carbocycles. The van der Waals surface area contributed by atoms with Crippen LogP contribution in [0.5, 0.6) is 0 Å². The van der Waals surface area contributed by atoms with E-state index in [1.807, 2.05) is 24.3 Å². The lowest BCUT2D eigenvalue weighted by Gasteiger charge is -2.10. The molecule has 2 heterocycles. The van der Waals surface area contributed by atoms with E-state index in [4.69, 9.17) is 4.74 Å². The van der Waals surface area contributed by atoms with Gasteiger partial charge in [-0.25, -0.2) is 0 Å². The smallest absolute Gasteiger partial charge is 0.190 e. The van der Waals surface area contributed by atoms with Gasteiger partial charge >= 0.3 is 0 Å². The van der Waals surface area contributed by atoms with Gasteiger partial charge in [-0.1, -0.05) is 18.2 Å². The van der Waals surface area contributed by atoms with Crippen LogP contribution in [0.3, 0.4) is 0 Å². The van der Waals surface area contributed by atoms with E-state index in [0.717, 1.165) is 22.2 Å². The van der Waals surface area contributed by atoms with Gasteiger partial charge in [0.25, 0.3) is 0 Å². The number of carbonyl (C=O) groups excluding carboxylic acids is 1. The number of ketones is 1. The Hall–Kier alpha value is -1.61. The van der Waals surface area contributed by atoms with E-state index in [-0.39, 0.29) is 12.4 Å². The van der Waals surface area contributed by atoms with Crippen LogP contribution >= 0.6 is 0 Å². The summed E-state index contributed by atoms with van der Waals surface area (Å²) in [5.41, 5.74) is 2.73. The third-order valence-electron chi connectivity index (χ3n) is 2.54. The van der Waals surface area contributed by atoms with Crippen LogP contribution in [-0.2, 0) is 11.3 Å². The second-order valence-corrected chi connectivity index (χ2v) is 3.44. The minimum absolute atomic E-state index is 0.0729. The average Bonchev–Trinajstić information content (AvgIpc) is 2.57. The first kappa shape index (κ1) is 7.76. The summed E-state index contributed by atoms with van der Waals surface area (Å²) in [5.74, 6) is 0.0729. The predicted molar refractivity (Wildman–Crippen MR) is 52.3 cm³/mol. The van der Waals surface area contributed by atoms with E-state index in [9.17, 15) is 4.79 Å². The molecule has 0 unspecified atom stereocenters. The maximum Gasteiger partial charge on any atom is 0.190 e. The number of para-hydroxylation sites is 1. The molecule has 70 valence electrons. The van der Waals surface area contributed by atoms with Crippen molar-refractivity contribution in [3.8, 4) is 0 Å². The molecule has 1 aliphatic rings. The number of H-pyrrole nitrogens is 1. The van der Waals surface area contributed by atoms with Gasteiger partial charge in [0.1, 0.15) is 6.61 Å². The molecule has 0 amide bonds. The Labute approximate surface area is 80.7 Å². The van der Waals surface area contributed by atoms with Crippen molar-refractivity contribution < 1.29 is 9.53 Å². The lowest BCUT2D eigenvalue weighted by Crippen LogP contribution is -2.16. The van der Waals surface area contributed by atoms with Crippen LogP contribution in [0.1, 0.15) is 16.1 Å². The predicted octanol–water partition coefficient (Wildman–Crippen LogP) is 1.88. The zero-order valence-corrected chi connectivity index (χ0v) is 7.54. The quantitative estimate of drug-likeness (QED) is 0.684. The van der Waals surface area contributed by atoms with Gasteiger partial charge in [0.2, 0.25) is 0 Å².